The molecule has 2 saturated carbocycles. The Morgan fingerprint density at radius 1 is 0.825 bits per heavy atom. The maximum Gasteiger partial charge on any atom is 0.306 e. The monoisotopic (exact) mass is 795 g/mol. The number of rotatable bonds is 10. The number of Topliss-reactive ketones (excluding diaryl/α,β-unsaturated/α-hetero) is 1. The Labute approximate surface area is 339 Å². The highest BCUT2D eigenvalue weighted by molar-refractivity contribution is 6.36. The minimum atomic E-state index is -0.679. The van der Waals surface area contributed by atoms with Crippen LogP contribution in [0, 0.1) is 18.8 Å². The molecule has 0 bridgehead atoms. The summed E-state index contributed by atoms with van der Waals surface area (Å²) in [5.41, 5.74) is 8.04. The molecule has 0 saturated heterocycles. The van der Waals surface area contributed by atoms with Gasteiger partial charge in [0.1, 0.15) is 0 Å². The second-order valence-corrected chi connectivity index (χ2v) is 17.2. The standard InChI is InChI=1S/C44H54ClN7O5/c1-26-29(22-39(54)41-46-36-25-52(21-19-38(36)49(41)2)30-14-16-31(53)17-15-30)6-4-7-32(26)33-8-5-9-34(40(33)45)48-43(55)42-47-35-24-51(20-18-37(35)50(42)3)23-27-10-12-28(13-11-27)44(56)57/h4-9,27-28,30-31,53H,10-25H2,1-3H3,(H,48,55)(H,56,57). The minimum absolute atomic E-state index is 0.0321. The number of imidazole rings is 2. The lowest BCUT2D eigenvalue weighted by Crippen LogP contribution is -2.42. The summed E-state index contributed by atoms with van der Waals surface area (Å²) in [6, 6.07) is 12.0. The molecule has 1 amide bonds. The molecule has 4 aliphatic rings. The van der Waals surface area contributed by atoms with Crippen LogP contribution in [0.25, 0.3) is 11.1 Å². The fourth-order valence-electron chi connectivity index (χ4n) is 9.86. The van der Waals surface area contributed by atoms with Crippen molar-refractivity contribution in [1.29, 1.82) is 0 Å². The number of anilines is 1. The van der Waals surface area contributed by atoms with E-state index in [1.165, 1.54) is 0 Å². The van der Waals surface area contributed by atoms with Gasteiger partial charge in [-0.3, -0.25) is 24.2 Å². The van der Waals surface area contributed by atoms with Crippen LogP contribution in [-0.4, -0.2) is 88.6 Å². The average molecular weight is 796 g/mol. The Morgan fingerprint density at radius 2 is 1.47 bits per heavy atom. The number of carboxylic acids is 1. The molecule has 0 spiro atoms. The highest BCUT2D eigenvalue weighted by Crippen LogP contribution is 2.37. The van der Waals surface area contributed by atoms with Crippen molar-refractivity contribution >= 4 is 34.9 Å². The quantitative estimate of drug-likeness (QED) is 0.156. The second kappa shape index (κ2) is 16.5. The number of aliphatic hydroxyl groups is 1. The van der Waals surface area contributed by atoms with E-state index < -0.39 is 5.97 Å². The molecular weight excluding hydrogens is 742 g/mol. The molecule has 57 heavy (non-hydrogen) atoms. The van der Waals surface area contributed by atoms with Crippen molar-refractivity contribution in [3.05, 3.63) is 87.0 Å². The van der Waals surface area contributed by atoms with E-state index in [9.17, 15) is 24.6 Å². The van der Waals surface area contributed by atoms with Crippen LogP contribution in [0.3, 0.4) is 0 Å². The Hall–Kier alpha value is -4.36. The first-order valence-corrected chi connectivity index (χ1v) is 21.0. The number of halogens is 1. The minimum Gasteiger partial charge on any atom is -0.481 e. The van der Waals surface area contributed by atoms with Gasteiger partial charge in [-0.2, -0.15) is 0 Å². The number of nitrogens with one attached hydrogen (secondary N) is 1. The lowest BCUT2D eigenvalue weighted by Gasteiger charge is -2.37. The third kappa shape index (κ3) is 8.06. The molecule has 4 heterocycles. The molecule has 8 rings (SSSR count). The summed E-state index contributed by atoms with van der Waals surface area (Å²) in [7, 11) is 3.83. The first-order chi connectivity index (χ1) is 27.4. The van der Waals surface area contributed by atoms with E-state index in [4.69, 9.17) is 21.6 Å². The molecule has 0 atom stereocenters. The third-order valence-electron chi connectivity index (χ3n) is 13.3. The number of hydrogen-bond acceptors (Lipinski definition) is 8. The Bertz CT molecular complexity index is 2180. The molecule has 13 heteroatoms. The summed E-state index contributed by atoms with van der Waals surface area (Å²) in [4.78, 5) is 53.6. The van der Waals surface area contributed by atoms with Gasteiger partial charge in [0.2, 0.25) is 5.78 Å². The van der Waals surface area contributed by atoms with E-state index in [1.54, 1.807) is 6.07 Å². The van der Waals surface area contributed by atoms with Gasteiger partial charge in [0.25, 0.3) is 5.91 Å². The number of carboxylic acid groups (broad SMARTS) is 1. The number of ketones is 1. The van der Waals surface area contributed by atoms with E-state index in [0.717, 1.165) is 135 Å². The molecule has 3 N–H and O–H groups in total. The van der Waals surface area contributed by atoms with Crippen LogP contribution in [0.4, 0.5) is 5.69 Å². The number of carbonyl (C=O) groups is 3. The first kappa shape index (κ1) is 39.5. The van der Waals surface area contributed by atoms with E-state index in [-0.39, 0.29) is 30.1 Å². The second-order valence-electron chi connectivity index (χ2n) is 16.8. The Morgan fingerprint density at radius 3 is 2.21 bits per heavy atom. The summed E-state index contributed by atoms with van der Waals surface area (Å²) >= 11 is 7.06. The van der Waals surface area contributed by atoms with Gasteiger partial charge in [-0.05, 0) is 87.0 Å². The van der Waals surface area contributed by atoms with E-state index in [0.29, 0.717) is 40.9 Å². The molecule has 2 aromatic carbocycles. The molecule has 4 aromatic rings. The molecule has 2 aliphatic carbocycles. The van der Waals surface area contributed by atoms with E-state index in [1.807, 2.05) is 60.5 Å². The molecule has 2 fully saturated rings. The van der Waals surface area contributed by atoms with Gasteiger partial charge in [0.15, 0.2) is 11.6 Å². The molecule has 2 aromatic heterocycles. The highest BCUT2D eigenvalue weighted by Gasteiger charge is 2.33. The van der Waals surface area contributed by atoms with Gasteiger partial charge in [-0.1, -0.05) is 41.9 Å². The number of benzene rings is 2. The van der Waals surface area contributed by atoms with Crippen LogP contribution in [0.1, 0.15) is 107 Å². The van der Waals surface area contributed by atoms with Gasteiger partial charge >= 0.3 is 5.97 Å². The molecule has 2 aliphatic heterocycles. The van der Waals surface area contributed by atoms with Crippen molar-refractivity contribution in [2.45, 2.75) is 103 Å². The van der Waals surface area contributed by atoms with Crippen LogP contribution in [0.15, 0.2) is 36.4 Å². The van der Waals surface area contributed by atoms with Crippen molar-refractivity contribution < 1.29 is 24.6 Å². The van der Waals surface area contributed by atoms with Crippen LogP contribution in [0.5, 0.6) is 0 Å². The van der Waals surface area contributed by atoms with Crippen LogP contribution >= 0.6 is 11.6 Å². The number of fused-ring (bicyclic) bond motifs is 2. The average Bonchev–Trinajstić information content (AvgIpc) is 3.72. The number of aromatic nitrogens is 4. The smallest absolute Gasteiger partial charge is 0.306 e. The van der Waals surface area contributed by atoms with Crippen LogP contribution < -0.4 is 5.32 Å². The molecule has 302 valence electrons. The van der Waals surface area contributed by atoms with E-state index >= 15 is 0 Å². The maximum atomic E-state index is 13.9. The largest absolute Gasteiger partial charge is 0.481 e. The SMILES string of the molecule is Cc1c(CC(=O)c2nc3c(n2C)CCN(C2CCC(O)CC2)C3)cccc1-c1cccc(NC(=O)c2nc3c(n2C)CCN(CC2CCC(C(=O)O)CC2)C3)c1Cl. The predicted octanol–water partition coefficient (Wildman–Crippen LogP) is 6.37. The summed E-state index contributed by atoms with van der Waals surface area (Å²) in [5, 5.41) is 22.8. The number of carbonyl (C=O) groups excluding carboxylic acids is 2. The molecule has 0 unspecified atom stereocenters. The van der Waals surface area contributed by atoms with Gasteiger partial charge in [-0.15, -0.1) is 0 Å². The lowest BCUT2D eigenvalue weighted by atomic mass is 9.81. The van der Waals surface area contributed by atoms with Gasteiger partial charge < -0.3 is 24.7 Å². The summed E-state index contributed by atoms with van der Waals surface area (Å²) < 4.78 is 3.87. The Kier molecular flexibility index (Phi) is 11.4. The van der Waals surface area contributed by atoms with Gasteiger partial charge in [0, 0.05) is 89.1 Å². The first-order valence-electron chi connectivity index (χ1n) is 20.6. The predicted molar refractivity (Wildman–Crippen MR) is 218 cm³/mol. The van der Waals surface area contributed by atoms with Crippen molar-refractivity contribution in [2.75, 3.05) is 25.0 Å². The van der Waals surface area contributed by atoms with Crippen molar-refractivity contribution in [3.8, 4) is 11.1 Å². The Balaban J connectivity index is 0.933. The normalized spacial score (nSPS) is 22.8. The summed E-state index contributed by atoms with van der Waals surface area (Å²) in [6.07, 6.45) is 8.68. The number of amides is 1. The van der Waals surface area contributed by atoms with Crippen molar-refractivity contribution in [3.63, 3.8) is 0 Å². The maximum absolute atomic E-state index is 13.9. The number of aliphatic carboxylic acids is 1. The molecule has 12 nitrogen and oxygen atoms in total. The fourth-order valence-corrected chi connectivity index (χ4v) is 10.1. The molecule has 0 radical (unpaired) electrons. The number of aliphatic hydroxyl groups excluding tert-OH is 1. The van der Waals surface area contributed by atoms with Crippen molar-refractivity contribution in [2.24, 2.45) is 25.9 Å². The third-order valence-corrected chi connectivity index (χ3v) is 13.7. The fraction of sp³-hybridized carbons (Fsp3) is 0.523. The zero-order valence-corrected chi connectivity index (χ0v) is 34.0. The van der Waals surface area contributed by atoms with Crippen molar-refractivity contribution in [1.82, 2.24) is 28.9 Å². The van der Waals surface area contributed by atoms with Gasteiger partial charge in [0.05, 0.1) is 34.1 Å². The molecular formula is C44H54ClN7O5. The lowest BCUT2D eigenvalue weighted by molar-refractivity contribution is -0.143. The number of hydrogen-bond donors (Lipinski definition) is 3. The summed E-state index contributed by atoms with van der Waals surface area (Å²) in [5.74, 6) is 0.0344. The highest BCUT2D eigenvalue weighted by atomic mass is 35.5. The zero-order chi connectivity index (χ0) is 40.0. The van der Waals surface area contributed by atoms with Crippen LogP contribution in [-0.2, 0) is 51.2 Å². The zero-order valence-electron chi connectivity index (χ0n) is 33.3. The number of nitrogens with zero attached hydrogens (tertiary/aromatic N) is 6. The summed E-state index contributed by atoms with van der Waals surface area (Å²) in [6.45, 7) is 6.13. The topological polar surface area (TPSA) is 146 Å². The van der Waals surface area contributed by atoms with Crippen LogP contribution in [0.2, 0.25) is 5.02 Å². The van der Waals surface area contributed by atoms with E-state index in [2.05, 4.69) is 15.1 Å². The van der Waals surface area contributed by atoms with Gasteiger partial charge in [-0.25, -0.2) is 9.97 Å².